The molecule has 7 heavy (non-hydrogen) atoms. The summed E-state index contributed by atoms with van der Waals surface area (Å²) >= 11 is 0. The van der Waals surface area contributed by atoms with E-state index in [0.29, 0.717) is 0 Å². The molecule has 0 aromatic heterocycles. The number of azide groups is 1. The highest BCUT2D eigenvalue weighted by molar-refractivity contribution is 6.20. The van der Waals surface area contributed by atoms with E-state index in [9.17, 15) is 0 Å². The average molecular weight is 97.8 g/mol. The van der Waals surface area contributed by atoms with Crippen molar-refractivity contribution in [3.63, 3.8) is 0 Å². The van der Waals surface area contributed by atoms with Gasteiger partial charge < -0.3 is 9.31 Å². The number of hydrogen-bond acceptors (Lipinski definition) is 3. The Morgan fingerprint density at radius 2 is 2.43 bits per heavy atom. The molecule has 1 fully saturated rings. The normalized spacial score (nSPS) is 18.9. The first-order valence-corrected chi connectivity index (χ1v) is 1.60. The van der Waals surface area contributed by atoms with Crippen LogP contribution in [0.5, 0.6) is 0 Å². The Labute approximate surface area is 40.2 Å². The minimum atomic E-state index is -0.718. The molecule has 0 aromatic carbocycles. The number of nitrogens with zero attached hydrogens (tertiary/aromatic N) is 3. The molecule has 0 unspecified atom stereocenters. The van der Waals surface area contributed by atoms with Gasteiger partial charge in [0.15, 0.2) is 0 Å². The molecule has 1 radical (unpaired) electrons. The first-order chi connectivity index (χ1) is 3.43. The van der Waals surface area contributed by atoms with E-state index < -0.39 is 6.41 Å². The third kappa shape index (κ3) is 0.835. The van der Waals surface area contributed by atoms with Crippen LogP contribution in [0.25, 0.3) is 10.4 Å². The highest BCUT2D eigenvalue weighted by Gasteiger charge is 2.18. The summed E-state index contributed by atoms with van der Waals surface area (Å²) in [5.41, 5.74) is 7.69. The summed E-state index contributed by atoms with van der Waals surface area (Å²) in [7, 11) is 1.11. The molecule has 1 rings (SSSR count). The van der Waals surface area contributed by atoms with E-state index in [1.54, 1.807) is 0 Å². The van der Waals surface area contributed by atoms with Gasteiger partial charge in [-0.3, -0.25) is 0 Å². The molecule has 0 atom stereocenters. The van der Waals surface area contributed by atoms with Crippen molar-refractivity contribution in [3.8, 4) is 0 Å². The van der Waals surface area contributed by atoms with Crippen LogP contribution >= 0.6 is 0 Å². The molecule has 0 aromatic rings. The summed E-state index contributed by atoms with van der Waals surface area (Å²) in [6, 6.07) is 0. The summed E-state index contributed by atoms with van der Waals surface area (Å²) in [5.74, 6) is 0. The van der Waals surface area contributed by atoms with Gasteiger partial charge in [-0.1, -0.05) is 0 Å². The Bertz CT molecular complexity index is 106. The van der Waals surface area contributed by atoms with Crippen LogP contribution in [0.2, 0.25) is 0 Å². The monoisotopic (exact) mass is 98.0 g/mol. The second kappa shape index (κ2) is 1.84. The standard InChI is InChI=1S/CHBN3O2/c3-5-4-1-6-2-7-1/h1H. The minimum absolute atomic E-state index is 0.718. The summed E-state index contributed by atoms with van der Waals surface area (Å²) in [6.45, 7) is 0. The molecule has 1 heterocycles. The fourth-order valence-electron chi connectivity index (χ4n) is 0.202. The fourth-order valence-corrected chi connectivity index (χ4v) is 0.202. The summed E-state index contributed by atoms with van der Waals surface area (Å²) in [4.78, 5) is 2.41. The first kappa shape index (κ1) is 4.45. The molecule has 0 N–H and O–H groups in total. The maximum atomic E-state index is 7.69. The molecule has 35 valence electrons. The average Bonchev–Trinajstić information content (AvgIpc) is 1.55. The lowest BCUT2D eigenvalue weighted by molar-refractivity contribution is -0.0895. The summed E-state index contributed by atoms with van der Waals surface area (Å²) in [5, 5.41) is 3.03. The van der Waals surface area contributed by atoms with Gasteiger partial charge in [-0.2, -0.15) is 0 Å². The SMILES string of the molecule is [N-]=[N+]=NC1O[B]O1. The number of hydrogen-bond donors (Lipinski definition) is 0. The van der Waals surface area contributed by atoms with Crippen LogP contribution in [0.4, 0.5) is 0 Å². The smallest absolute Gasteiger partial charge is 0.384 e. The molecule has 1 aliphatic heterocycles. The van der Waals surface area contributed by atoms with Crippen LogP contribution in [0, 0.1) is 0 Å². The molecule has 1 saturated heterocycles. The van der Waals surface area contributed by atoms with Crippen molar-refractivity contribution in [3.05, 3.63) is 10.4 Å². The zero-order valence-corrected chi connectivity index (χ0v) is 3.31. The summed E-state index contributed by atoms with van der Waals surface area (Å²) < 4.78 is 8.81. The van der Waals surface area contributed by atoms with Gasteiger partial charge in [-0.05, 0) is 10.6 Å². The maximum absolute atomic E-state index is 7.69. The predicted octanol–water partition coefficient (Wildman–Crippen LogP) is 0.161. The second-order valence-corrected chi connectivity index (χ2v) is 0.880. The van der Waals surface area contributed by atoms with Crippen molar-refractivity contribution < 1.29 is 9.31 Å². The summed E-state index contributed by atoms with van der Waals surface area (Å²) in [6.07, 6.45) is -0.718. The molecular formula is CHBN3O2. The first-order valence-electron chi connectivity index (χ1n) is 1.60. The van der Waals surface area contributed by atoms with Crippen LogP contribution in [0.15, 0.2) is 5.11 Å². The van der Waals surface area contributed by atoms with Gasteiger partial charge >= 0.3 is 7.69 Å². The largest absolute Gasteiger partial charge is 0.491 e. The van der Waals surface area contributed by atoms with Crippen LogP contribution in [0.1, 0.15) is 0 Å². The van der Waals surface area contributed by atoms with Crippen LogP contribution < -0.4 is 0 Å². The van der Waals surface area contributed by atoms with Crippen molar-refractivity contribution in [1.29, 1.82) is 0 Å². The Kier molecular flexibility index (Phi) is 1.17. The molecule has 0 spiro atoms. The molecule has 0 aliphatic carbocycles. The second-order valence-electron chi connectivity index (χ2n) is 0.880. The van der Waals surface area contributed by atoms with Crippen molar-refractivity contribution in [1.82, 2.24) is 0 Å². The molecule has 0 amide bonds. The molecule has 0 saturated carbocycles. The lowest BCUT2D eigenvalue weighted by Crippen LogP contribution is -2.31. The molecule has 5 nitrogen and oxygen atoms in total. The van der Waals surface area contributed by atoms with Gasteiger partial charge in [0.25, 0.3) is 0 Å². The van der Waals surface area contributed by atoms with Gasteiger partial charge in [0.1, 0.15) is 0 Å². The molecular weight excluding hydrogens is 96.8 g/mol. The van der Waals surface area contributed by atoms with Gasteiger partial charge in [0, 0.05) is 4.91 Å². The lowest BCUT2D eigenvalue weighted by Gasteiger charge is -2.19. The highest BCUT2D eigenvalue weighted by atomic mass is 16.8. The van der Waals surface area contributed by atoms with E-state index in [0.717, 1.165) is 7.69 Å². The van der Waals surface area contributed by atoms with E-state index in [1.165, 1.54) is 0 Å². The van der Waals surface area contributed by atoms with E-state index in [4.69, 9.17) is 5.53 Å². The third-order valence-electron chi connectivity index (χ3n) is 0.490. The van der Waals surface area contributed by atoms with Crippen LogP contribution in [-0.2, 0) is 9.31 Å². The van der Waals surface area contributed by atoms with Crippen molar-refractivity contribution in [2.75, 3.05) is 0 Å². The van der Waals surface area contributed by atoms with Gasteiger partial charge in [-0.15, -0.1) is 0 Å². The molecule has 1 aliphatic rings. The van der Waals surface area contributed by atoms with E-state index >= 15 is 0 Å². The Morgan fingerprint density at radius 3 is 2.57 bits per heavy atom. The van der Waals surface area contributed by atoms with Crippen LogP contribution in [-0.4, -0.2) is 14.1 Å². The van der Waals surface area contributed by atoms with E-state index in [1.807, 2.05) is 0 Å². The van der Waals surface area contributed by atoms with E-state index in [-0.39, 0.29) is 0 Å². The third-order valence-corrected chi connectivity index (χ3v) is 0.490. The number of rotatable bonds is 1. The fraction of sp³-hybridized carbons (Fsp3) is 1.00. The topological polar surface area (TPSA) is 67.2 Å². The Balaban J connectivity index is 2.27. The van der Waals surface area contributed by atoms with Gasteiger partial charge in [0.05, 0.1) is 0 Å². The quantitative estimate of drug-likeness (QED) is 0.203. The Hall–Kier alpha value is -0.705. The molecule has 6 heteroatoms. The van der Waals surface area contributed by atoms with Gasteiger partial charge in [-0.25, -0.2) is 0 Å². The maximum Gasteiger partial charge on any atom is 0.491 e. The zero-order chi connectivity index (χ0) is 5.11. The zero-order valence-electron chi connectivity index (χ0n) is 3.31. The minimum Gasteiger partial charge on any atom is -0.384 e. The van der Waals surface area contributed by atoms with Crippen molar-refractivity contribution in [2.24, 2.45) is 5.11 Å². The molecule has 0 bridgehead atoms. The predicted molar refractivity (Wildman–Crippen MR) is 20.9 cm³/mol. The lowest BCUT2D eigenvalue weighted by atomic mass is 10.3. The van der Waals surface area contributed by atoms with Crippen molar-refractivity contribution in [2.45, 2.75) is 6.41 Å². The van der Waals surface area contributed by atoms with Crippen LogP contribution in [0.3, 0.4) is 0 Å². The Morgan fingerprint density at radius 1 is 1.71 bits per heavy atom. The highest BCUT2D eigenvalue weighted by Crippen LogP contribution is 2.03. The van der Waals surface area contributed by atoms with E-state index in [2.05, 4.69) is 19.3 Å². The van der Waals surface area contributed by atoms with Crippen molar-refractivity contribution >= 4 is 7.69 Å². The van der Waals surface area contributed by atoms with Gasteiger partial charge in [0.2, 0.25) is 6.41 Å².